The molecule has 5 atom stereocenters. The minimum Gasteiger partial charge on any atom is -0.356 e. The van der Waals surface area contributed by atoms with Gasteiger partial charge in [0.05, 0.1) is 18.7 Å². The van der Waals surface area contributed by atoms with E-state index in [0.29, 0.717) is 12.8 Å². The molecule has 3 N–H and O–H groups in total. The Bertz CT molecular complexity index is 829. The van der Waals surface area contributed by atoms with Gasteiger partial charge in [0.2, 0.25) is 17.7 Å². The number of hydrogen-bond donors (Lipinski definition) is 3. The molecule has 8 nitrogen and oxygen atoms in total. The van der Waals surface area contributed by atoms with Gasteiger partial charge in [-0.3, -0.25) is 14.4 Å². The van der Waals surface area contributed by atoms with Crippen molar-refractivity contribution in [3.8, 4) is 0 Å². The molecule has 0 saturated carbocycles. The van der Waals surface area contributed by atoms with Crippen molar-refractivity contribution < 1.29 is 19.1 Å². The van der Waals surface area contributed by atoms with E-state index in [-0.39, 0.29) is 30.4 Å². The fraction of sp³-hybridized carbons (Fsp3) is 0.591. The minimum atomic E-state index is -0.770. The number of carbonyl (C=O) groups excluding carboxylic acids is 3. The minimum absolute atomic E-state index is 0.0331. The molecular weight excluding hydrogens is 384 g/mol. The Hall–Kier alpha value is -2.45. The molecule has 2 fully saturated rings. The van der Waals surface area contributed by atoms with Gasteiger partial charge in [-0.25, -0.2) is 0 Å². The lowest BCUT2D eigenvalue weighted by atomic mass is 9.87. The van der Waals surface area contributed by atoms with E-state index in [4.69, 9.17) is 4.74 Å². The molecular formula is C22H30N4O4. The third-order valence-corrected chi connectivity index (χ3v) is 6.47. The van der Waals surface area contributed by atoms with E-state index < -0.39 is 24.4 Å². The van der Waals surface area contributed by atoms with Crippen LogP contribution in [-0.2, 0) is 25.5 Å². The topological polar surface area (TPSA) is 99.8 Å². The first-order valence-corrected chi connectivity index (χ1v) is 10.8. The SMILES string of the molecule is CNC(C)C(=O)N[C@H]1CO[C@H]2CCC(C(=O)N[C@@H]3CCCc4ccccc43)N2C1=O. The Kier molecular flexibility index (Phi) is 6.06. The van der Waals surface area contributed by atoms with Crippen LogP contribution in [0.15, 0.2) is 24.3 Å². The molecule has 162 valence electrons. The number of ether oxygens (including phenoxy) is 1. The van der Waals surface area contributed by atoms with Gasteiger partial charge in [0, 0.05) is 0 Å². The Morgan fingerprint density at radius 3 is 2.73 bits per heavy atom. The van der Waals surface area contributed by atoms with Crippen molar-refractivity contribution in [2.75, 3.05) is 13.7 Å². The van der Waals surface area contributed by atoms with Gasteiger partial charge in [-0.1, -0.05) is 24.3 Å². The first-order valence-electron chi connectivity index (χ1n) is 10.8. The molecule has 0 radical (unpaired) electrons. The lowest BCUT2D eigenvalue weighted by Crippen LogP contribution is -2.62. The molecule has 0 bridgehead atoms. The van der Waals surface area contributed by atoms with Crippen LogP contribution in [0.5, 0.6) is 0 Å². The molecule has 0 aromatic heterocycles. The van der Waals surface area contributed by atoms with Crippen LogP contribution in [0.25, 0.3) is 0 Å². The molecule has 1 aromatic carbocycles. The third kappa shape index (κ3) is 3.94. The number of nitrogens with zero attached hydrogens (tertiary/aromatic N) is 1. The second-order valence-corrected chi connectivity index (χ2v) is 8.35. The highest BCUT2D eigenvalue weighted by molar-refractivity contribution is 5.94. The number of hydrogen-bond acceptors (Lipinski definition) is 5. The smallest absolute Gasteiger partial charge is 0.250 e. The van der Waals surface area contributed by atoms with Crippen LogP contribution in [0.2, 0.25) is 0 Å². The summed E-state index contributed by atoms with van der Waals surface area (Å²) in [6, 6.07) is 6.41. The monoisotopic (exact) mass is 414 g/mol. The van der Waals surface area contributed by atoms with Gasteiger partial charge < -0.3 is 25.6 Å². The van der Waals surface area contributed by atoms with Gasteiger partial charge in [-0.05, 0) is 57.2 Å². The maximum absolute atomic E-state index is 13.1. The van der Waals surface area contributed by atoms with Gasteiger partial charge in [0.25, 0.3) is 0 Å². The number of likely N-dealkylation sites (N-methyl/N-ethyl adjacent to an activating group) is 1. The number of carbonyl (C=O) groups is 3. The first kappa shape index (κ1) is 20.8. The molecule has 2 unspecified atom stereocenters. The fourth-order valence-corrected chi connectivity index (χ4v) is 4.66. The maximum Gasteiger partial charge on any atom is 0.250 e. The third-order valence-electron chi connectivity index (χ3n) is 6.47. The molecule has 1 aromatic rings. The van der Waals surface area contributed by atoms with E-state index in [1.807, 2.05) is 12.1 Å². The summed E-state index contributed by atoms with van der Waals surface area (Å²) in [4.78, 5) is 40.0. The number of fused-ring (bicyclic) bond motifs is 2. The summed E-state index contributed by atoms with van der Waals surface area (Å²) >= 11 is 0. The number of aryl methyl sites for hydroxylation is 1. The predicted octanol–water partition coefficient (Wildman–Crippen LogP) is 0.620. The van der Waals surface area contributed by atoms with Crippen molar-refractivity contribution in [1.82, 2.24) is 20.9 Å². The highest BCUT2D eigenvalue weighted by Gasteiger charge is 2.47. The van der Waals surface area contributed by atoms with Crippen molar-refractivity contribution in [1.29, 1.82) is 0 Å². The lowest BCUT2D eigenvalue weighted by Gasteiger charge is -2.38. The zero-order valence-electron chi connectivity index (χ0n) is 17.5. The summed E-state index contributed by atoms with van der Waals surface area (Å²) < 4.78 is 5.82. The largest absolute Gasteiger partial charge is 0.356 e. The van der Waals surface area contributed by atoms with Gasteiger partial charge >= 0.3 is 0 Å². The predicted molar refractivity (Wildman–Crippen MR) is 110 cm³/mol. The number of nitrogens with one attached hydrogen (secondary N) is 3. The van der Waals surface area contributed by atoms with Crippen LogP contribution in [0.4, 0.5) is 0 Å². The van der Waals surface area contributed by atoms with Gasteiger partial charge in [0.15, 0.2) is 0 Å². The maximum atomic E-state index is 13.1. The van der Waals surface area contributed by atoms with Crippen LogP contribution < -0.4 is 16.0 Å². The van der Waals surface area contributed by atoms with Crippen molar-refractivity contribution >= 4 is 17.7 Å². The average Bonchev–Trinajstić information content (AvgIpc) is 3.20. The summed E-state index contributed by atoms with van der Waals surface area (Å²) in [5.41, 5.74) is 2.44. The molecule has 0 spiro atoms. The second-order valence-electron chi connectivity index (χ2n) is 8.35. The van der Waals surface area contributed by atoms with Crippen LogP contribution >= 0.6 is 0 Å². The van der Waals surface area contributed by atoms with E-state index in [9.17, 15) is 14.4 Å². The van der Waals surface area contributed by atoms with Gasteiger partial charge in [0.1, 0.15) is 18.3 Å². The van der Waals surface area contributed by atoms with Crippen LogP contribution in [0.1, 0.15) is 49.8 Å². The molecule has 3 amide bonds. The average molecular weight is 415 g/mol. The second kappa shape index (κ2) is 8.73. The Labute approximate surface area is 176 Å². The summed E-state index contributed by atoms with van der Waals surface area (Å²) in [5.74, 6) is -0.659. The molecule has 2 heterocycles. The molecule has 2 aliphatic heterocycles. The van der Waals surface area contributed by atoms with Crippen LogP contribution in [-0.4, -0.2) is 60.6 Å². The van der Waals surface area contributed by atoms with E-state index in [1.54, 1.807) is 14.0 Å². The van der Waals surface area contributed by atoms with Crippen molar-refractivity contribution in [3.63, 3.8) is 0 Å². The van der Waals surface area contributed by atoms with Gasteiger partial charge in [-0.2, -0.15) is 0 Å². The summed E-state index contributed by atoms with van der Waals surface area (Å²) in [5, 5.41) is 8.76. The number of benzene rings is 1. The normalized spacial score (nSPS) is 29.0. The standard InChI is InChI=1S/C22H30N4O4/c1-13(23-2)20(27)25-17-12-30-19-11-10-18(26(19)22(17)29)21(28)24-16-9-5-7-14-6-3-4-8-15(14)16/h3-4,6,8,13,16-19,23H,5,7,9-12H2,1-2H3,(H,24,28)(H,25,27)/t13?,16-,17+,18?,19+/m1/s1. The molecule has 4 rings (SSSR count). The number of rotatable bonds is 5. The molecule has 1 aliphatic carbocycles. The zero-order valence-corrected chi connectivity index (χ0v) is 17.5. The summed E-state index contributed by atoms with van der Waals surface area (Å²) in [6.45, 7) is 1.85. The molecule has 30 heavy (non-hydrogen) atoms. The fourth-order valence-electron chi connectivity index (χ4n) is 4.66. The summed E-state index contributed by atoms with van der Waals surface area (Å²) in [7, 11) is 1.68. The quantitative estimate of drug-likeness (QED) is 0.656. The van der Waals surface area contributed by atoms with E-state index in [2.05, 4.69) is 28.1 Å². The van der Waals surface area contributed by atoms with E-state index in [0.717, 1.165) is 19.3 Å². The molecule has 8 heteroatoms. The Morgan fingerprint density at radius 1 is 1.13 bits per heavy atom. The van der Waals surface area contributed by atoms with Crippen molar-refractivity contribution in [2.24, 2.45) is 0 Å². The van der Waals surface area contributed by atoms with Crippen molar-refractivity contribution in [2.45, 2.75) is 69.4 Å². The lowest BCUT2D eigenvalue weighted by molar-refractivity contribution is -0.167. The van der Waals surface area contributed by atoms with E-state index >= 15 is 0 Å². The van der Waals surface area contributed by atoms with Crippen molar-refractivity contribution in [3.05, 3.63) is 35.4 Å². The number of amides is 3. The summed E-state index contributed by atoms with van der Waals surface area (Å²) in [6.07, 6.45) is 3.73. The van der Waals surface area contributed by atoms with Crippen LogP contribution in [0.3, 0.4) is 0 Å². The Morgan fingerprint density at radius 2 is 1.93 bits per heavy atom. The highest BCUT2D eigenvalue weighted by atomic mass is 16.5. The zero-order chi connectivity index (χ0) is 21.3. The molecule has 2 saturated heterocycles. The Balaban J connectivity index is 1.44. The highest BCUT2D eigenvalue weighted by Crippen LogP contribution is 2.32. The van der Waals surface area contributed by atoms with Crippen LogP contribution in [0, 0.1) is 0 Å². The van der Waals surface area contributed by atoms with E-state index in [1.165, 1.54) is 16.0 Å². The molecule has 3 aliphatic rings. The van der Waals surface area contributed by atoms with Gasteiger partial charge in [-0.15, -0.1) is 0 Å². The first-order chi connectivity index (χ1) is 14.5.